The minimum absolute atomic E-state index is 0.190. The number of allylic oxidation sites excluding steroid dienone is 2. The van der Waals surface area contributed by atoms with E-state index in [9.17, 15) is 9.59 Å². The molecule has 2 aromatic carbocycles. The smallest absolute Gasteiger partial charge is 0.335 e. The lowest BCUT2D eigenvalue weighted by Gasteiger charge is -2.02. The van der Waals surface area contributed by atoms with Crippen molar-refractivity contribution in [1.29, 1.82) is 0 Å². The van der Waals surface area contributed by atoms with E-state index in [0.717, 1.165) is 11.1 Å². The molecule has 0 bridgehead atoms. The lowest BCUT2D eigenvalue weighted by molar-refractivity contribution is -0.110. The summed E-state index contributed by atoms with van der Waals surface area (Å²) < 4.78 is 0. The van der Waals surface area contributed by atoms with Crippen LogP contribution < -0.4 is 0 Å². The van der Waals surface area contributed by atoms with Crippen molar-refractivity contribution < 1.29 is 24.9 Å². The van der Waals surface area contributed by atoms with Crippen molar-refractivity contribution in [3.8, 4) is 0 Å². The Hall–Kier alpha value is -3.02. The van der Waals surface area contributed by atoms with Crippen molar-refractivity contribution in [2.75, 3.05) is 0 Å². The van der Waals surface area contributed by atoms with Crippen LogP contribution >= 0.6 is 0 Å². The number of carboxylic acids is 1. The summed E-state index contributed by atoms with van der Waals surface area (Å²) in [5, 5.41) is 26.8. The van der Waals surface area contributed by atoms with Gasteiger partial charge in [0.25, 0.3) is 0 Å². The third-order valence-electron chi connectivity index (χ3n) is 3.27. The lowest BCUT2D eigenvalue weighted by Crippen LogP contribution is -1.94. The van der Waals surface area contributed by atoms with Gasteiger partial charge in [-0.15, -0.1) is 0 Å². The minimum Gasteiger partial charge on any atom is -0.478 e. The number of carbonyl (C=O) groups is 2. The summed E-state index contributed by atoms with van der Waals surface area (Å²) in [4.78, 5) is 22.5. The number of benzene rings is 2. The highest BCUT2D eigenvalue weighted by Gasteiger charge is 2.01. The van der Waals surface area contributed by atoms with Gasteiger partial charge in [0.1, 0.15) is 0 Å². The summed E-state index contributed by atoms with van der Waals surface area (Å²) in [6, 6.07) is 12.7. The minimum atomic E-state index is -1.51. The first-order valence-electron chi connectivity index (χ1n) is 7.15. The standard InChI is InChI=1S/C19H16O5/c20-17(11-5-13-1-7-15(8-2-13)18(21)22)12-6-14-3-9-16(10-4-14)19(23)24/h1-12,18,21-22H,(H,23,24). The number of hydrogen-bond donors (Lipinski definition) is 3. The fourth-order valence-corrected chi connectivity index (χ4v) is 1.93. The van der Waals surface area contributed by atoms with Crippen LogP contribution in [-0.4, -0.2) is 27.1 Å². The largest absolute Gasteiger partial charge is 0.478 e. The van der Waals surface area contributed by atoms with Gasteiger partial charge in [-0.3, -0.25) is 4.79 Å². The van der Waals surface area contributed by atoms with Crippen LogP contribution in [0.5, 0.6) is 0 Å². The number of aromatic carboxylic acids is 1. The van der Waals surface area contributed by atoms with E-state index >= 15 is 0 Å². The van der Waals surface area contributed by atoms with Crippen LogP contribution in [0.2, 0.25) is 0 Å². The van der Waals surface area contributed by atoms with Crippen molar-refractivity contribution in [1.82, 2.24) is 0 Å². The van der Waals surface area contributed by atoms with Crippen LogP contribution in [0.1, 0.15) is 33.3 Å². The second kappa shape index (κ2) is 8.01. The Balaban J connectivity index is 1.97. The van der Waals surface area contributed by atoms with Gasteiger partial charge in [0.15, 0.2) is 12.1 Å². The number of aliphatic hydroxyl groups excluding tert-OH is 1. The Morgan fingerprint density at radius 1 is 0.792 bits per heavy atom. The predicted molar refractivity (Wildman–Crippen MR) is 90.1 cm³/mol. The zero-order valence-corrected chi connectivity index (χ0v) is 12.7. The van der Waals surface area contributed by atoms with Crippen LogP contribution in [0, 0.1) is 0 Å². The monoisotopic (exact) mass is 324 g/mol. The highest BCUT2D eigenvalue weighted by Crippen LogP contribution is 2.12. The Morgan fingerprint density at radius 2 is 1.25 bits per heavy atom. The Labute approximate surface area is 138 Å². The maximum Gasteiger partial charge on any atom is 0.335 e. The molecule has 0 fully saturated rings. The SMILES string of the molecule is O=C(C=Cc1ccc(C(=O)O)cc1)C=Cc1ccc(C(O)O)cc1. The summed E-state index contributed by atoms with van der Waals surface area (Å²) >= 11 is 0. The summed E-state index contributed by atoms with van der Waals surface area (Å²) in [5.41, 5.74) is 2.05. The number of ketones is 1. The zero-order valence-electron chi connectivity index (χ0n) is 12.7. The van der Waals surface area contributed by atoms with Crippen LogP contribution in [0.15, 0.2) is 60.7 Å². The molecule has 0 saturated heterocycles. The van der Waals surface area contributed by atoms with Crippen LogP contribution in [0.25, 0.3) is 12.2 Å². The lowest BCUT2D eigenvalue weighted by atomic mass is 10.1. The molecule has 0 spiro atoms. The first-order chi connectivity index (χ1) is 11.5. The van der Waals surface area contributed by atoms with Gasteiger partial charge >= 0.3 is 5.97 Å². The molecule has 5 heteroatoms. The molecule has 0 radical (unpaired) electrons. The fraction of sp³-hybridized carbons (Fsp3) is 0.0526. The molecule has 0 aliphatic heterocycles. The first kappa shape index (κ1) is 17.3. The molecule has 0 unspecified atom stereocenters. The molecule has 0 aromatic heterocycles. The van der Waals surface area contributed by atoms with Gasteiger partial charge < -0.3 is 15.3 Å². The molecular formula is C19H16O5. The summed E-state index contributed by atoms with van der Waals surface area (Å²) in [6.07, 6.45) is 4.49. The molecule has 0 saturated carbocycles. The average molecular weight is 324 g/mol. The van der Waals surface area contributed by atoms with E-state index in [1.807, 2.05) is 0 Å². The molecule has 0 aliphatic rings. The van der Waals surface area contributed by atoms with Crippen molar-refractivity contribution in [2.24, 2.45) is 0 Å². The predicted octanol–water partition coefficient (Wildman–Crippen LogP) is 2.66. The molecule has 24 heavy (non-hydrogen) atoms. The highest BCUT2D eigenvalue weighted by atomic mass is 16.5. The first-order valence-corrected chi connectivity index (χ1v) is 7.15. The number of carbonyl (C=O) groups excluding carboxylic acids is 1. The van der Waals surface area contributed by atoms with Crippen LogP contribution in [-0.2, 0) is 4.79 Å². The van der Waals surface area contributed by atoms with Gasteiger partial charge in [-0.05, 0) is 35.4 Å². The average Bonchev–Trinajstić information content (AvgIpc) is 2.58. The van der Waals surface area contributed by atoms with Gasteiger partial charge in [0, 0.05) is 5.56 Å². The second-order valence-corrected chi connectivity index (χ2v) is 5.04. The third kappa shape index (κ3) is 5.01. The number of hydrogen-bond acceptors (Lipinski definition) is 4. The highest BCUT2D eigenvalue weighted by molar-refractivity contribution is 6.04. The molecule has 3 N–H and O–H groups in total. The second-order valence-electron chi connectivity index (χ2n) is 5.04. The van der Waals surface area contributed by atoms with Gasteiger partial charge in [0.05, 0.1) is 5.56 Å². The van der Waals surface area contributed by atoms with Crippen molar-refractivity contribution in [2.45, 2.75) is 6.29 Å². The summed E-state index contributed by atoms with van der Waals surface area (Å²) in [5.74, 6) is -1.21. The number of rotatable bonds is 6. The molecule has 122 valence electrons. The van der Waals surface area contributed by atoms with E-state index in [2.05, 4.69) is 0 Å². The summed E-state index contributed by atoms with van der Waals surface area (Å²) in [6.45, 7) is 0. The maximum atomic E-state index is 11.8. The van der Waals surface area contributed by atoms with Crippen LogP contribution in [0.4, 0.5) is 0 Å². The van der Waals surface area contributed by atoms with Gasteiger partial charge in [0.2, 0.25) is 0 Å². The van der Waals surface area contributed by atoms with Gasteiger partial charge in [-0.25, -0.2) is 4.79 Å². The molecule has 0 heterocycles. The normalized spacial score (nSPS) is 11.5. The van der Waals surface area contributed by atoms with E-state index in [0.29, 0.717) is 5.56 Å². The Bertz CT molecular complexity index is 768. The van der Waals surface area contributed by atoms with Crippen molar-refractivity contribution in [3.05, 3.63) is 82.9 Å². The van der Waals surface area contributed by atoms with E-state index in [-0.39, 0.29) is 11.3 Å². The van der Waals surface area contributed by atoms with E-state index in [4.69, 9.17) is 15.3 Å². The Morgan fingerprint density at radius 3 is 1.67 bits per heavy atom. The maximum absolute atomic E-state index is 11.8. The van der Waals surface area contributed by atoms with E-state index < -0.39 is 12.3 Å². The van der Waals surface area contributed by atoms with Gasteiger partial charge in [-0.2, -0.15) is 0 Å². The van der Waals surface area contributed by atoms with Crippen LogP contribution in [0.3, 0.4) is 0 Å². The molecular weight excluding hydrogens is 308 g/mol. The molecule has 5 nitrogen and oxygen atoms in total. The molecule has 0 atom stereocenters. The molecule has 2 aromatic rings. The molecule has 0 amide bonds. The van der Waals surface area contributed by atoms with E-state index in [1.54, 1.807) is 48.6 Å². The molecule has 2 rings (SSSR count). The third-order valence-corrected chi connectivity index (χ3v) is 3.27. The quantitative estimate of drug-likeness (QED) is 0.561. The zero-order chi connectivity index (χ0) is 17.5. The van der Waals surface area contributed by atoms with Crippen molar-refractivity contribution in [3.63, 3.8) is 0 Å². The Kier molecular flexibility index (Phi) is 5.78. The fourth-order valence-electron chi connectivity index (χ4n) is 1.93. The number of aliphatic hydroxyl groups is 2. The topological polar surface area (TPSA) is 94.8 Å². The summed E-state index contributed by atoms with van der Waals surface area (Å²) in [7, 11) is 0. The number of carboxylic acid groups (broad SMARTS) is 1. The van der Waals surface area contributed by atoms with Gasteiger partial charge in [-0.1, -0.05) is 48.6 Å². The molecule has 0 aliphatic carbocycles. The van der Waals surface area contributed by atoms with Crippen molar-refractivity contribution >= 4 is 23.9 Å². The van der Waals surface area contributed by atoms with E-state index in [1.165, 1.54) is 24.3 Å².